The third-order valence-corrected chi connectivity index (χ3v) is 0. The Balaban J connectivity index is -0.0000000800. The van der Waals surface area contributed by atoms with Crippen LogP contribution in [0.5, 0.6) is 0 Å². The third kappa shape index (κ3) is 269. The zero-order chi connectivity index (χ0) is 4.50. The summed E-state index contributed by atoms with van der Waals surface area (Å²) in [5.41, 5.74) is 0. The molecule has 0 aromatic carbocycles. The van der Waals surface area contributed by atoms with Crippen LogP contribution >= 0.6 is 13.5 Å². The van der Waals surface area contributed by atoms with Gasteiger partial charge in [0.1, 0.15) is 0 Å². The SMILES string of the molecule is O=S(=O)(O)O.[AlH3].[S]. The summed E-state index contributed by atoms with van der Waals surface area (Å²) in [4.78, 5) is 0. The van der Waals surface area contributed by atoms with Gasteiger partial charge in [-0.3, -0.25) is 9.11 Å². The van der Waals surface area contributed by atoms with E-state index in [0.717, 1.165) is 0 Å². The van der Waals surface area contributed by atoms with Crippen LogP contribution in [-0.2, 0) is 10.4 Å². The third-order valence-electron chi connectivity index (χ3n) is 0. The largest absolute Gasteiger partial charge is 0.394 e. The lowest BCUT2D eigenvalue weighted by atomic mass is 15.8. The highest BCUT2D eigenvalue weighted by Gasteiger charge is 1.84. The van der Waals surface area contributed by atoms with Crippen LogP contribution in [0.4, 0.5) is 0 Å². The van der Waals surface area contributed by atoms with Crippen molar-refractivity contribution in [2.45, 2.75) is 0 Å². The number of rotatable bonds is 0. The summed E-state index contributed by atoms with van der Waals surface area (Å²) in [7, 11) is -4.67. The summed E-state index contributed by atoms with van der Waals surface area (Å²) >= 11 is 0. The van der Waals surface area contributed by atoms with Crippen LogP contribution in [0.25, 0.3) is 0 Å². The van der Waals surface area contributed by atoms with Crippen molar-refractivity contribution < 1.29 is 17.5 Å². The fourth-order valence-corrected chi connectivity index (χ4v) is 0. The molecule has 0 fully saturated rings. The van der Waals surface area contributed by atoms with Gasteiger partial charge in [0.05, 0.1) is 0 Å². The molecule has 0 rings (SSSR count). The summed E-state index contributed by atoms with van der Waals surface area (Å²) in [6.07, 6.45) is 0. The van der Waals surface area contributed by atoms with Gasteiger partial charge in [-0.05, 0) is 0 Å². The Labute approximate surface area is 59.1 Å². The molecular formula is H5AlO4S2. The standard InChI is InChI=1S/Al.H2O4S.S.3H/c;1-5(2,3)4;;;;/h;(H2,1,2,3,4);;;;. The normalized spacial score (nSPS) is 8.29. The molecule has 7 heavy (non-hydrogen) atoms. The molecule has 7 heteroatoms. The Bertz CT molecular complexity index is 92.9. The van der Waals surface area contributed by atoms with E-state index >= 15 is 0 Å². The van der Waals surface area contributed by atoms with Gasteiger partial charge >= 0.3 is 10.4 Å². The Kier molecular flexibility index (Phi) is 11.0. The molecule has 0 saturated carbocycles. The minimum absolute atomic E-state index is 0. The minimum Gasteiger partial charge on any atom is -0.264 e. The lowest BCUT2D eigenvalue weighted by Crippen LogP contribution is -1.89. The molecule has 0 aliphatic heterocycles. The van der Waals surface area contributed by atoms with Crippen molar-refractivity contribution in [1.29, 1.82) is 0 Å². The van der Waals surface area contributed by atoms with E-state index in [2.05, 4.69) is 0 Å². The molecule has 0 aliphatic rings. The number of hydrogen-bond donors (Lipinski definition) is 2. The second-order valence-electron chi connectivity index (χ2n) is 0.448. The molecule has 0 atom stereocenters. The van der Waals surface area contributed by atoms with Crippen molar-refractivity contribution in [3.05, 3.63) is 0 Å². The van der Waals surface area contributed by atoms with Crippen molar-refractivity contribution in [3.8, 4) is 0 Å². The van der Waals surface area contributed by atoms with Gasteiger partial charge in [0, 0.05) is 13.5 Å². The maximum Gasteiger partial charge on any atom is 0.394 e. The van der Waals surface area contributed by atoms with Gasteiger partial charge in [-0.15, -0.1) is 0 Å². The average Bonchev–Trinajstić information content (AvgIpc) is 0.722. The van der Waals surface area contributed by atoms with Crippen molar-refractivity contribution >= 4 is 41.3 Å². The lowest BCUT2D eigenvalue weighted by Gasteiger charge is -1.68. The molecule has 2 radical (unpaired) electrons. The number of hydrogen-bond acceptors (Lipinski definition) is 2. The van der Waals surface area contributed by atoms with E-state index < -0.39 is 10.4 Å². The molecule has 0 aromatic heterocycles. The van der Waals surface area contributed by atoms with E-state index in [0.29, 0.717) is 0 Å². The smallest absolute Gasteiger partial charge is 0.264 e. The van der Waals surface area contributed by atoms with Crippen molar-refractivity contribution in [3.63, 3.8) is 0 Å². The molecule has 0 bridgehead atoms. The van der Waals surface area contributed by atoms with Gasteiger partial charge in [0.2, 0.25) is 0 Å². The molecule has 0 saturated heterocycles. The Morgan fingerprint density at radius 2 is 1.14 bits per heavy atom. The summed E-state index contributed by atoms with van der Waals surface area (Å²) in [5.74, 6) is 0. The maximum absolute atomic E-state index is 8.74. The highest BCUT2D eigenvalue weighted by molar-refractivity contribution is 7.79. The first kappa shape index (κ1) is 15.7. The average molecular weight is 160 g/mol. The minimum atomic E-state index is -4.67. The Hall–Kier alpha value is 0.752. The molecule has 0 heterocycles. The van der Waals surface area contributed by atoms with Crippen LogP contribution in [0, 0.1) is 0 Å². The summed E-state index contributed by atoms with van der Waals surface area (Å²) in [6, 6.07) is 0. The molecule has 2 N–H and O–H groups in total. The van der Waals surface area contributed by atoms with Crippen LogP contribution in [0.15, 0.2) is 0 Å². The fourth-order valence-electron chi connectivity index (χ4n) is 0. The zero-order valence-corrected chi connectivity index (χ0v) is 4.16. The van der Waals surface area contributed by atoms with Gasteiger partial charge in [-0.25, -0.2) is 0 Å². The van der Waals surface area contributed by atoms with Gasteiger partial charge < -0.3 is 0 Å². The Morgan fingerprint density at radius 3 is 1.14 bits per heavy atom. The van der Waals surface area contributed by atoms with E-state index in [-0.39, 0.29) is 30.9 Å². The topological polar surface area (TPSA) is 74.6 Å². The molecule has 0 amide bonds. The van der Waals surface area contributed by atoms with Gasteiger partial charge in [-0.1, -0.05) is 0 Å². The molecule has 0 aromatic rings. The Morgan fingerprint density at radius 1 is 1.14 bits per heavy atom. The monoisotopic (exact) mass is 160 g/mol. The van der Waals surface area contributed by atoms with E-state index in [9.17, 15) is 0 Å². The van der Waals surface area contributed by atoms with Crippen LogP contribution in [0.2, 0.25) is 0 Å². The van der Waals surface area contributed by atoms with Crippen LogP contribution < -0.4 is 0 Å². The molecule has 4 nitrogen and oxygen atoms in total. The van der Waals surface area contributed by atoms with Gasteiger partial charge in [0.15, 0.2) is 17.4 Å². The van der Waals surface area contributed by atoms with Crippen molar-refractivity contribution in [1.82, 2.24) is 0 Å². The summed E-state index contributed by atoms with van der Waals surface area (Å²) < 4.78 is 31.6. The summed E-state index contributed by atoms with van der Waals surface area (Å²) in [6.45, 7) is 0. The van der Waals surface area contributed by atoms with E-state index in [1.54, 1.807) is 0 Å². The second kappa shape index (κ2) is 4.90. The molecule has 0 spiro atoms. The fraction of sp³-hybridized carbons (Fsp3) is 0. The van der Waals surface area contributed by atoms with Crippen LogP contribution in [-0.4, -0.2) is 34.9 Å². The molecular weight excluding hydrogens is 155 g/mol. The predicted molar refractivity (Wildman–Crippen MR) is 31.7 cm³/mol. The highest BCUT2D eigenvalue weighted by atomic mass is 32.3. The van der Waals surface area contributed by atoms with E-state index in [1.165, 1.54) is 0 Å². The lowest BCUT2D eigenvalue weighted by molar-refractivity contribution is 0.381. The highest BCUT2D eigenvalue weighted by Crippen LogP contribution is 1.59. The van der Waals surface area contributed by atoms with Gasteiger partial charge in [0.25, 0.3) is 0 Å². The molecule has 0 aliphatic carbocycles. The first-order valence-electron chi connectivity index (χ1n) is 0.698. The quantitative estimate of drug-likeness (QED) is 0.345. The maximum atomic E-state index is 8.74. The summed E-state index contributed by atoms with van der Waals surface area (Å²) in [5, 5.41) is 0. The zero-order valence-electron chi connectivity index (χ0n) is 2.53. The molecule has 44 valence electrons. The van der Waals surface area contributed by atoms with E-state index in [4.69, 9.17) is 17.5 Å². The first-order chi connectivity index (χ1) is 2.00. The second-order valence-corrected chi connectivity index (χ2v) is 1.34. The van der Waals surface area contributed by atoms with Crippen LogP contribution in [0.1, 0.15) is 0 Å². The van der Waals surface area contributed by atoms with Crippen LogP contribution in [0.3, 0.4) is 0 Å². The first-order valence-corrected chi connectivity index (χ1v) is 2.10. The van der Waals surface area contributed by atoms with E-state index in [1.807, 2.05) is 0 Å². The van der Waals surface area contributed by atoms with Crippen molar-refractivity contribution in [2.24, 2.45) is 0 Å². The molecule has 0 unspecified atom stereocenters. The van der Waals surface area contributed by atoms with Gasteiger partial charge in [-0.2, -0.15) is 8.42 Å². The van der Waals surface area contributed by atoms with Crippen molar-refractivity contribution in [2.75, 3.05) is 0 Å². The predicted octanol–water partition coefficient (Wildman–Crippen LogP) is -1.19.